The van der Waals surface area contributed by atoms with Gasteiger partial charge in [-0.05, 0) is 17.9 Å². The van der Waals surface area contributed by atoms with Gasteiger partial charge in [0.2, 0.25) is 5.89 Å². The second kappa shape index (κ2) is 7.45. The Kier molecular flexibility index (Phi) is 5.61. The quantitative estimate of drug-likeness (QED) is 0.849. The average Bonchev–Trinajstić information content (AvgIpc) is 2.91. The summed E-state index contributed by atoms with van der Waals surface area (Å²) in [6.45, 7) is 4.33. The second-order valence-corrected chi connectivity index (χ2v) is 6.48. The first-order chi connectivity index (χ1) is 9.69. The Labute approximate surface area is 124 Å². The van der Waals surface area contributed by atoms with Crippen molar-refractivity contribution < 1.29 is 4.52 Å². The van der Waals surface area contributed by atoms with E-state index in [2.05, 4.69) is 41.4 Å². The van der Waals surface area contributed by atoms with Crippen molar-refractivity contribution in [3.63, 3.8) is 0 Å². The van der Waals surface area contributed by atoms with Gasteiger partial charge < -0.3 is 9.84 Å². The predicted octanol–water partition coefficient (Wildman–Crippen LogP) is 3.21. The maximum absolute atomic E-state index is 5.34. The summed E-state index contributed by atoms with van der Waals surface area (Å²) in [5.41, 5.74) is 1.23. The Morgan fingerprint density at radius 1 is 1.25 bits per heavy atom. The Hall–Kier alpha value is -1.33. The van der Waals surface area contributed by atoms with Crippen molar-refractivity contribution in [2.45, 2.75) is 37.3 Å². The lowest BCUT2D eigenvalue weighted by molar-refractivity contribution is 0.359. The number of hydrogen-bond donors (Lipinski definition) is 1. The third-order valence-corrected chi connectivity index (χ3v) is 4.08. The molecule has 0 aliphatic rings. The number of rotatable bonds is 7. The highest BCUT2D eigenvalue weighted by molar-refractivity contribution is 7.99. The van der Waals surface area contributed by atoms with Gasteiger partial charge >= 0.3 is 0 Å². The first-order valence-electron chi connectivity index (χ1n) is 6.84. The lowest BCUT2D eigenvalue weighted by Crippen LogP contribution is -2.18. The lowest BCUT2D eigenvalue weighted by atomic mass is 10.0. The molecule has 2 aromatic rings. The zero-order chi connectivity index (χ0) is 14.4. The van der Waals surface area contributed by atoms with Crippen LogP contribution in [0.15, 0.2) is 34.9 Å². The molecule has 0 saturated heterocycles. The summed E-state index contributed by atoms with van der Waals surface area (Å²) in [6, 6.07) is 10.5. The van der Waals surface area contributed by atoms with Crippen LogP contribution in [0.25, 0.3) is 0 Å². The first-order valence-corrected chi connectivity index (χ1v) is 7.89. The summed E-state index contributed by atoms with van der Waals surface area (Å²) in [6.07, 6.45) is 0.708. The Morgan fingerprint density at radius 3 is 2.65 bits per heavy atom. The molecule has 1 heterocycles. The van der Waals surface area contributed by atoms with Gasteiger partial charge in [-0.15, -0.1) is 0 Å². The molecule has 4 nitrogen and oxygen atoms in total. The molecule has 0 bridgehead atoms. The fourth-order valence-electron chi connectivity index (χ4n) is 1.92. The number of aromatic nitrogens is 2. The molecule has 1 unspecified atom stereocenters. The van der Waals surface area contributed by atoms with Gasteiger partial charge in [-0.3, -0.25) is 0 Å². The number of likely N-dealkylation sites (N-methyl/N-ethyl adjacent to an activating group) is 1. The largest absolute Gasteiger partial charge is 0.339 e. The highest BCUT2D eigenvalue weighted by Gasteiger charge is 2.15. The number of benzene rings is 1. The van der Waals surface area contributed by atoms with Crippen LogP contribution < -0.4 is 5.32 Å². The molecular weight excluding hydrogens is 270 g/mol. The molecule has 0 saturated carbocycles. The summed E-state index contributed by atoms with van der Waals surface area (Å²) >= 11 is 1.82. The van der Waals surface area contributed by atoms with Crippen LogP contribution in [0.5, 0.6) is 0 Å². The van der Waals surface area contributed by atoms with Crippen molar-refractivity contribution in [1.82, 2.24) is 15.5 Å². The highest BCUT2D eigenvalue weighted by Crippen LogP contribution is 2.19. The number of hydrogen-bond acceptors (Lipinski definition) is 5. The van der Waals surface area contributed by atoms with Crippen LogP contribution in [0.2, 0.25) is 0 Å². The minimum atomic E-state index is 0.197. The number of nitrogens with one attached hydrogen (secondary N) is 1. The molecule has 108 valence electrons. The molecule has 0 fully saturated rings. The first kappa shape index (κ1) is 15.1. The Bertz CT molecular complexity index is 513. The van der Waals surface area contributed by atoms with Crippen molar-refractivity contribution in [1.29, 1.82) is 0 Å². The smallest absolute Gasteiger partial charge is 0.228 e. The summed E-state index contributed by atoms with van der Waals surface area (Å²) < 4.78 is 5.34. The topological polar surface area (TPSA) is 51.0 Å². The third kappa shape index (κ3) is 4.35. The van der Waals surface area contributed by atoms with Gasteiger partial charge in [0.05, 0.1) is 5.75 Å². The SMILES string of the molecule is CNC(Cc1nc(CSC(C)C)no1)c1ccccc1. The number of nitrogens with zero attached hydrogens (tertiary/aromatic N) is 2. The molecule has 20 heavy (non-hydrogen) atoms. The van der Waals surface area contributed by atoms with Crippen LogP contribution in [0.3, 0.4) is 0 Å². The van der Waals surface area contributed by atoms with E-state index < -0.39 is 0 Å². The minimum absolute atomic E-state index is 0.197. The van der Waals surface area contributed by atoms with Gasteiger partial charge in [-0.25, -0.2) is 0 Å². The fourth-order valence-corrected chi connectivity index (χ4v) is 2.52. The van der Waals surface area contributed by atoms with Gasteiger partial charge in [-0.1, -0.05) is 49.3 Å². The van der Waals surface area contributed by atoms with Gasteiger partial charge in [0, 0.05) is 12.5 Å². The summed E-state index contributed by atoms with van der Waals surface area (Å²) in [5, 5.41) is 7.90. The van der Waals surface area contributed by atoms with E-state index in [4.69, 9.17) is 4.52 Å². The van der Waals surface area contributed by atoms with Gasteiger partial charge in [0.1, 0.15) is 0 Å². The minimum Gasteiger partial charge on any atom is -0.339 e. The van der Waals surface area contributed by atoms with E-state index in [0.29, 0.717) is 17.6 Å². The molecule has 0 aliphatic carbocycles. The van der Waals surface area contributed by atoms with E-state index in [-0.39, 0.29) is 6.04 Å². The van der Waals surface area contributed by atoms with Gasteiger partial charge in [0.25, 0.3) is 0 Å². The Balaban J connectivity index is 1.98. The third-order valence-electron chi connectivity index (χ3n) is 2.99. The van der Waals surface area contributed by atoms with E-state index >= 15 is 0 Å². The zero-order valence-corrected chi connectivity index (χ0v) is 13.0. The number of thioether (sulfide) groups is 1. The van der Waals surface area contributed by atoms with E-state index in [1.807, 2.05) is 37.0 Å². The Morgan fingerprint density at radius 2 is 2.00 bits per heavy atom. The summed E-state index contributed by atoms with van der Waals surface area (Å²) in [4.78, 5) is 4.46. The highest BCUT2D eigenvalue weighted by atomic mass is 32.2. The summed E-state index contributed by atoms with van der Waals surface area (Å²) in [5.74, 6) is 2.27. The molecule has 0 aliphatic heterocycles. The molecule has 0 radical (unpaired) electrons. The van der Waals surface area contributed by atoms with Crippen LogP contribution in [-0.2, 0) is 12.2 Å². The molecule has 1 N–H and O–H groups in total. The van der Waals surface area contributed by atoms with E-state index in [0.717, 1.165) is 11.6 Å². The summed E-state index contributed by atoms with van der Waals surface area (Å²) in [7, 11) is 1.95. The molecule has 1 aromatic heterocycles. The monoisotopic (exact) mass is 291 g/mol. The molecule has 2 rings (SSSR count). The van der Waals surface area contributed by atoms with Crippen molar-refractivity contribution in [3.05, 3.63) is 47.6 Å². The molecule has 5 heteroatoms. The van der Waals surface area contributed by atoms with E-state index in [9.17, 15) is 0 Å². The zero-order valence-electron chi connectivity index (χ0n) is 12.2. The molecule has 1 aromatic carbocycles. The van der Waals surface area contributed by atoms with Crippen LogP contribution in [0.4, 0.5) is 0 Å². The van der Waals surface area contributed by atoms with Crippen LogP contribution in [-0.4, -0.2) is 22.4 Å². The lowest BCUT2D eigenvalue weighted by Gasteiger charge is -2.13. The predicted molar refractivity (Wildman–Crippen MR) is 82.7 cm³/mol. The van der Waals surface area contributed by atoms with E-state index in [1.54, 1.807) is 0 Å². The molecule has 1 atom stereocenters. The van der Waals surface area contributed by atoms with Crippen molar-refractivity contribution in [2.75, 3.05) is 7.05 Å². The van der Waals surface area contributed by atoms with Gasteiger partial charge in [0.15, 0.2) is 5.82 Å². The fraction of sp³-hybridized carbons (Fsp3) is 0.467. The van der Waals surface area contributed by atoms with E-state index in [1.165, 1.54) is 5.56 Å². The van der Waals surface area contributed by atoms with Crippen molar-refractivity contribution in [3.8, 4) is 0 Å². The molecular formula is C15H21N3OS. The normalized spacial score (nSPS) is 12.8. The van der Waals surface area contributed by atoms with Crippen molar-refractivity contribution >= 4 is 11.8 Å². The second-order valence-electron chi connectivity index (χ2n) is 4.92. The maximum Gasteiger partial charge on any atom is 0.228 e. The standard InChI is InChI=1S/C15H21N3OS/c1-11(2)20-10-14-17-15(19-18-14)9-13(16-3)12-7-5-4-6-8-12/h4-8,11,13,16H,9-10H2,1-3H3. The van der Waals surface area contributed by atoms with Crippen LogP contribution in [0, 0.1) is 0 Å². The van der Waals surface area contributed by atoms with Crippen molar-refractivity contribution in [2.24, 2.45) is 0 Å². The van der Waals surface area contributed by atoms with Crippen LogP contribution in [0.1, 0.15) is 37.2 Å². The average molecular weight is 291 g/mol. The van der Waals surface area contributed by atoms with Gasteiger partial charge in [-0.2, -0.15) is 16.7 Å². The maximum atomic E-state index is 5.34. The molecule has 0 amide bonds. The van der Waals surface area contributed by atoms with Crippen LogP contribution >= 0.6 is 11.8 Å². The molecule has 0 spiro atoms.